The van der Waals surface area contributed by atoms with Crippen LogP contribution in [0.5, 0.6) is 0 Å². The van der Waals surface area contributed by atoms with Gasteiger partial charge in [0.2, 0.25) is 0 Å². The quantitative estimate of drug-likeness (QED) is 0.540. The van der Waals surface area contributed by atoms with E-state index in [1.165, 1.54) is 0 Å². The van der Waals surface area contributed by atoms with Crippen molar-refractivity contribution in [1.29, 1.82) is 0 Å². The van der Waals surface area contributed by atoms with Crippen LogP contribution in [0.1, 0.15) is 0 Å². The summed E-state index contributed by atoms with van der Waals surface area (Å²) < 4.78 is 9.64. The molecule has 0 aliphatic carbocycles. The van der Waals surface area contributed by atoms with Crippen LogP contribution in [0, 0.1) is 0 Å². The van der Waals surface area contributed by atoms with Gasteiger partial charge in [-0.1, -0.05) is 18.2 Å². The number of aromatic amines is 1. The molecule has 0 spiro atoms. The third-order valence-electron chi connectivity index (χ3n) is 4.31. The zero-order valence-corrected chi connectivity index (χ0v) is 13.3. The van der Waals surface area contributed by atoms with Gasteiger partial charge in [0.25, 0.3) is 0 Å². The number of aryl methyl sites for hydroxylation is 2. The molecule has 0 saturated carbocycles. The van der Waals surface area contributed by atoms with Gasteiger partial charge in [0.1, 0.15) is 12.0 Å². The van der Waals surface area contributed by atoms with E-state index >= 15 is 0 Å². The molecule has 6 heteroatoms. The van der Waals surface area contributed by atoms with Crippen molar-refractivity contribution in [2.24, 2.45) is 14.1 Å². The number of imidazole rings is 2. The minimum atomic E-state index is 0.758. The van der Waals surface area contributed by atoms with Crippen LogP contribution in [0.2, 0.25) is 0 Å². The summed E-state index contributed by atoms with van der Waals surface area (Å²) >= 11 is 0. The van der Waals surface area contributed by atoms with E-state index in [0.717, 1.165) is 44.5 Å². The molecule has 5 aromatic rings. The highest BCUT2D eigenvalue weighted by Gasteiger charge is 2.18. The molecule has 0 fully saturated rings. The Morgan fingerprint density at radius 2 is 1.67 bits per heavy atom. The summed E-state index contributed by atoms with van der Waals surface area (Å²) in [5.74, 6) is 0.758. The van der Waals surface area contributed by atoms with Crippen LogP contribution in [0.25, 0.3) is 44.5 Å². The number of H-pyrrole nitrogens is 1. The molecule has 0 atom stereocenters. The summed E-state index contributed by atoms with van der Waals surface area (Å²) in [6, 6.07) is 6.23. The van der Waals surface area contributed by atoms with Crippen molar-refractivity contribution in [2.45, 2.75) is 0 Å². The van der Waals surface area contributed by atoms with Crippen molar-refractivity contribution in [3.05, 3.63) is 49.5 Å². The normalized spacial score (nSPS) is 11.8. The molecule has 1 aromatic carbocycles. The fourth-order valence-corrected chi connectivity index (χ4v) is 3.20. The maximum absolute atomic E-state index is 5.79. The minimum absolute atomic E-state index is 0.758. The lowest BCUT2D eigenvalue weighted by atomic mass is 10.1. The van der Waals surface area contributed by atoms with Crippen LogP contribution in [0.15, 0.2) is 53.9 Å². The Morgan fingerprint density at radius 3 is 2.38 bits per heavy atom. The van der Waals surface area contributed by atoms with Gasteiger partial charge in [-0.05, 0) is 0 Å². The first-order valence-corrected chi connectivity index (χ1v) is 7.69. The van der Waals surface area contributed by atoms with E-state index in [2.05, 4.69) is 27.1 Å². The number of rotatable bonds is 2. The van der Waals surface area contributed by atoms with Gasteiger partial charge in [-0.3, -0.25) is 0 Å². The first-order valence-electron chi connectivity index (χ1n) is 7.69. The highest BCUT2D eigenvalue weighted by Crippen LogP contribution is 2.37. The predicted octanol–water partition coefficient (Wildman–Crippen LogP) is 3.72. The Kier molecular flexibility index (Phi) is 2.53. The topological polar surface area (TPSA) is 64.6 Å². The van der Waals surface area contributed by atoms with Gasteiger partial charge in [0.15, 0.2) is 5.76 Å². The molecule has 0 bridgehead atoms. The fourth-order valence-electron chi connectivity index (χ4n) is 3.20. The van der Waals surface area contributed by atoms with Crippen molar-refractivity contribution in [1.82, 2.24) is 24.1 Å². The number of hydrogen-bond donors (Lipinski definition) is 1. The zero-order chi connectivity index (χ0) is 16.3. The number of nitrogens with one attached hydrogen (secondary N) is 1. The minimum Gasteiger partial charge on any atom is -0.460 e. The standard InChI is InChI=1S/C18H15N5O/c1-22-6-14(19-9-22)12-5-3-4-11-13-8-24-18(17(13)21-16(11)12)15-7-23(2)10-20-15/h3-10,21H,1-2H3. The lowest BCUT2D eigenvalue weighted by Crippen LogP contribution is -1.81. The smallest absolute Gasteiger partial charge is 0.177 e. The molecule has 4 heterocycles. The second kappa shape index (κ2) is 4.61. The summed E-state index contributed by atoms with van der Waals surface area (Å²) in [5, 5.41) is 2.18. The first-order chi connectivity index (χ1) is 11.7. The third kappa shape index (κ3) is 1.76. The molecule has 118 valence electrons. The molecule has 0 radical (unpaired) electrons. The Balaban J connectivity index is 1.80. The largest absolute Gasteiger partial charge is 0.460 e. The molecule has 0 amide bonds. The van der Waals surface area contributed by atoms with E-state index in [4.69, 9.17) is 4.42 Å². The lowest BCUT2D eigenvalue weighted by molar-refractivity contribution is 0.584. The summed E-state index contributed by atoms with van der Waals surface area (Å²) in [5.41, 5.74) is 4.87. The molecule has 1 N–H and O–H groups in total. The van der Waals surface area contributed by atoms with E-state index in [9.17, 15) is 0 Å². The van der Waals surface area contributed by atoms with Crippen molar-refractivity contribution in [2.75, 3.05) is 0 Å². The molecule has 0 saturated heterocycles. The van der Waals surface area contributed by atoms with Crippen LogP contribution in [-0.2, 0) is 14.1 Å². The Bertz CT molecular complexity index is 1190. The van der Waals surface area contributed by atoms with Crippen molar-refractivity contribution in [3.8, 4) is 22.7 Å². The van der Waals surface area contributed by atoms with Gasteiger partial charge in [-0.2, -0.15) is 0 Å². The number of benzene rings is 1. The SMILES string of the molecule is Cn1cnc(-c2cccc3c2[nH]c2c(-c4cn(C)cn4)occ23)c1. The van der Waals surface area contributed by atoms with Crippen LogP contribution in [-0.4, -0.2) is 24.1 Å². The van der Waals surface area contributed by atoms with E-state index in [1.54, 1.807) is 12.6 Å². The molecule has 4 aromatic heterocycles. The number of furan rings is 1. The number of nitrogens with zero attached hydrogens (tertiary/aromatic N) is 4. The summed E-state index contributed by atoms with van der Waals surface area (Å²) in [7, 11) is 3.92. The molecular formula is C18H15N5O. The van der Waals surface area contributed by atoms with E-state index in [-0.39, 0.29) is 0 Å². The van der Waals surface area contributed by atoms with Crippen LogP contribution >= 0.6 is 0 Å². The number of aromatic nitrogens is 5. The van der Waals surface area contributed by atoms with Gasteiger partial charge in [0, 0.05) is 42.8 Å². The number of para-hydroxylation sites is 1. The van der Waals surface area contributed by atoms with Gasteiger partial charge >= 0.3 is 0 Å². The maximum atomic E-state index is 5.79. The molecule has 0 aliphatic heterocycles. The molecular weight excluding hydrogens is 302 g/mol. The van der Waals surface area contributed by atoms with Gasteiger partial charge in [0.05, 0.1) is 29.4 Å². The second-order valence-corrected chi connectivity index (χ2v) is 6.06. The highest BCUT2D eigenvalue weighted by molar-refractivity contribution is 6.14. The molecule has 0 unspecified atom stereocenters. The highest BCUT2D eigenvalue weighted by atomic mass is 16.3. The van der Waals surface area contributed by atoms with E-state index in [1.807, 2.05) is 48.0 Å². The second-order valence-electron chi connectivity index (χ2n) is 6.06. The Hall–Kier alpha value is -3.28. The third-order valence-corrected chi connectivity index (χ3v) is 4.31. The average Bonchev–Trinajstić information content (AvgIpc) is 3.30. The Morgan fingerprint density at radius 1 is 0.917 bits per heavy atom. The average molecular weight is 317 g/mol. The Labute approximate surface area is 137 Å². The zero-order valence-electron chi connectivity index (χ0n) is 13.3. The lowest BCUT2D eigenvalue weighted by Gasteiger charge is -1.99. The van der Waals surface area contributed by atoms with Gasteiger partial charge in [-0.25, -0.2) is 9.97 Å². The van der Waals surface area contributed by atoms with Crippen molar-refractivity contribution >= 4 is 21.8 Å². The van der Waals surface area contributed by atoms with E-state index in [0.29, 0.717) is 0 Å². The molecule has 6 nitrogen and oxygen atoms in total. The monoisotopic (exact) mass is 317 g/mol. The summed E-state index contributed by atoms with van der Waals surface area (Å²) in [6.07, 6.45) is 9.34. The van der Waals surface area contributed by atoms with Gasteiger partial charge in [-0.15, -0.1) is 0 Å². The fraction of sp³-hybridized carbons (Fsp3) is 0.111. The van der Waals surface area contributed by atoms with Gasteiger partial charge < -0.3 is 18.5 Å². The molecule has 5 rings (SSSR count). The van der Waals surface area contributed by atoms with Crippen LogP contribution in [0.3, 0.4) is 0 Å². The summed E-state index contributed by atoms with van der Waals surface area (Å²) in [6.45, 7) is 0. The number of hydrogen-bond acceptors (Lipinski definition) is 3. The van der Waals surface area contributed by atoms with E-state index < -0.39 is 0 Å². The van der Waals surface area contributed by atoms with Crippen molar-refractivity contribution < 1.29 is 4.42 Å². The maximum Gasteiger partial charge on any atom is 0.177 e. The first kappa shape index (κ1) is 13.2. The number of fused-ring (bicyclic) bond motifs is 3. The van der Waals surface area contributed by atoms with Crippen LogP contribution < -0.4 is 0 Å². The molecule has 0 aliphatic rings. The molecule has 24 heavy (non-hydrogen) atoms. The van der Waals surface area contributed by atoms with Crippen LogP contribution in [0.4, 0.5) is 0 Å². The summed E-state index contributed by atoms with van der Waals surface area (Å²) in [4.78, 5) is 12.4. The predicted molar refractivity (Wildman–Crippen MR) is 92.5 cm³/mol. The van der Waals surface area contributed by atoms with Crippen molar-refractivity contribution in [3.63, 3.8) is 0 Å².